The molecule has 0 bridgehead atoms. The molecule has 5 heteroatoms. The third-order valence-corrected chi connectivity index (χ3v) is 3.19. The van der Waals surface area contributed by atoms with Crippen LogP contribution in [0.2, 0.25) is 0 Å². The fraction of sp³-hybridized carbons (Fsp3) is 0.200. The van der Waals surface area contributed by atoms with Gasteiger partial charge in [0.05, 0.1) is 11.0 Å². The summed E-state index contributed by atoms with van der Waals surface area (Å²) in [7, 11) is 1.99. The van der Waals surface area contributed by atoms with E-state index in [0.717, 1.165) is 17.0 Å². The van der Waals surface area contributed by atoms with Crippen LogP contribution in [-0.4, -0.2) is 17.0 Å². The summed E-state index contributed by atoms with van der Waals surface area (Å²) in [6.07, 6.45) is 3.51. The summed E-state index contributed by atoms with van der Waals surface area (Å²) in [5, 5.41) is 2.08. The second-order valence-electron chi connectivity index (χ2n) is 3.14. The Hall–Kier alpha value is -0.940. The van der Waals surface area contributed by atoms with E-state index in [2.05, 4.69) is 43.4 Å². The van der Waals surface area contributed by atoms with E-state index in [1.807, 2.05) is 11.9 Å². The SMILES string of the molecule is CN(Cc1cccs1)c1ncc(Br)cn1. The van der Waals surface area contributed by atoms with Gasteiger partial charge in [-0.3, -0.25) is 0 Å². The lowest BCUT2D eigenvalue weighted by atomic mass is 10.4. The van der Waals surface area contributed by atoms with Crippen LogP contribution in [0.1, 0.15) is 4.88 Å². The lowest BCUT2D eigenvalue weighted by molar-refractivity contribution is 0.876. The first-order chi connectivity index (χ1) is 7.25. The molecule has 0 atom stereocenters. The van der Waals surface area contributed by atoms with Crippen molar-refractivity contribution in [1.29, 1.82) is 0 Å². The summed E-state index contributed by atoms with van der Waals surface area (Å²) in [6.45, 7) is 0.847. The van der Waals surface area contributed by atoms with Gasteiger partial charge in [-0.25, -0.2) is 9.97 Å². The van der Waals surface area contributed by atoms with Crippen LogP contribution in [0.25, 0.3) is 0 Å². The average Bonchev–Trinajstić information content (AvgIpc) is 2.71. The molecule has 0 fully saturated rings. The van der Waals surface area contributed by atoms with Crippen molar-refractivity contribution in [1.82, 2.24) is 9.97 Å². The molecule has 0 saturated heterocycles. The minimum atomic E-state index is 0.742. The predicted molar refractivity (Wildman–Crippen MR) is 66.2 cm³/mol. The van der Waals surface area contributed by atoms with Gasteiger partial charge in [-0.1, -0.05) is 6.07 Å². The van der Waals surface area contributed by atoms with E-state index < -0.39 is 0 Å². The second kappa shape index (κ2) is 4.72. The van der Waals surface area contributed by atoms with Gasteiger partial charge < -0.3 is 4.90 Å². The summed E-state index contributed by atoms with van der Waals surface area (Å²) in [5.41, 5.74) is 0. The zero-order valence-corrected chi connectivity index (χ0v) is 10.6. The monoisotopic (exact) mass is 283 g/mol. The first-order valence-electron chi connectivity index (χ1n) is 4.47. The molecule has 2 aromatic rings. The number of halogens is 1. The predicted octanol–water partition coefficient (Wildman–Crippen LogP) is 2.94. The van der Waals surface area contributed by atoms with E-state index >= 15 is 0 Å². The zero-order valence-electron chi connectivity index (χ0n) is 8.22. The Morgan fingerprint density at radius 1 is 1.40 bits per heavy atom. The van der Waals surface area contributed by atoms with Crippen molar-refractivity contribution in [2.24, 2.45) is 0 Å². The van der Waals surface area contributed by atoms with E-state index in [-0.39, 0.29) is 0 Å². The topological polar surface area (TPSA) is 29.0 Å². The molecule has 0 spiro atoms. The molecular weight excluding hydrogens is 274 g/mol. The number of hydrogen-bond acceptors (Lipinski definition) is 4. The number of aromatic nitrogens is 2. The van der Waals surface area contributed by atoms with Crippen molar-refractivity contribution in [3.8, 4) is 0 Å². The van der Waals surface area contributed by atoms with Gasteiger partial charge in [0, 0.05) is 24.3 Å². The Morgan fingerprint density at radius 2 is 2.13 bits per heavy atom. The summed E-state index contributed by atoms with van der Waals surface area (Å²) in [6, 6.07) is 4.16. The third kappa shape index (κ3) is 2.76. The van der Waals surface area contributed by atoms with E-state index in [4.69, 9.17) is 0 Å². The minimum Gasteiger partial charge on any atom is -0.339 e. The molecule has 3 nitrogen and oxygen atoms in total. The molecule has 0 aliphatic heterocycles. The van der Waals surface area contributed by atoms with Crippen molar-refractivity contribution >= 4 is 33.2 Å². The molecule has 2 heterocycles. The van der Waals surface area contributed by atoms with Gasteiger partial charge in [0.25, 0.3) is 0 Å². The molecule has 0 amide bonds. The maximum absolute atomic E-state index is 4.23. The van der Waals surface area contributed by atoms with Crippen LogP contribution >= 0.6 is 27.3 Å². The summed E-state index contributed by atoms with van der Waals surface area (Å²) >= 11 is 5.06. The number of anilines is 1. The first-order valence-corrected chi connectivity index (χ1v) is 6.14. The molecule has 78 valence electrons. The van der Waals surface area contributed by atoms with E-state index in [9.17, 15) is 0 Å². The van der Waals surface area contributed by atoms with Crippen LogP contribution in [0.15, 0.2) is 34.4 Å². The molecule has 0 unspecified atom stereocenters. The maximum Gasteiger partial charge on any atom is 0.225 e. The van der Waals surface area contributed by atoms with E-state index in [0.29, 0.717) is 0 Å². The van der Waals surface area contributed by atoms with E-state index in [1.54, 1.807) is 23.7 Å². The third-order valence-electron chi connectivity index (χ3n) is 1.92. The van der Waals surface area contributed by atoms with Crippen molar-refractivity contribution < 1.29 is 0 Å². The van der Waals surface area contributed by atoms with Crippen molar-refractivity contribution in [3.63, 3.8) is 0 Å². The van der Waals surface area contributed by atoms with Gasteiger partial charge in [-0.05, 0) is 27.4 Å². The Morgan fingerprint density at radius 3 is 2.73 bits per heavy atom. The van der Waals surface area contributed by atoms with Crippen LogP contribution in [-0.2, 0) is 6.54 Å². The van der Waals surface area contributed by atoms with Crippen LogP contribution in [0, 0.1) is 0 Å². The molecule has 2 rings (SSSR count). The zero-order chi connectivity index (χ0) is 10.7. The average molecular weight is 284 g/mol. The lowest BCUT2D eigenvalue weighted by Gasteiger charge is -2.15. The molecule has 0 saturated carbocycles. The number of nitrogens with zero attached hydrogens (tertiary/aromatic N) is 3. The van der Waals surface area contributed by atoms with Gasteiger partial charge in [-0.2, -0.15) is 0 Å². The molecule has 0 radical (unpaired) electrons. The lowest BCUT2D eigenvalue weighted by Crippen LogP contribution is -2.18. The Kier molecular flexibility index (Phi) is 3.33. The normalized spacial score (nSPS) is 10.3. The quantitative estimate of drug-likeness (QED) is 0.867. The molecule has 0 aliphatic rings. The second-order valence-corrected chi connectivity index (χ2v) is 5.08. The van der Waals surface area contributed by atoms with Gasteiger partial charge in [-0.15, -0.1) is 11.3 Å². The maximum atomic E-state index is 4.23. The highest BCUT2D eigenvalue weighted by molar-refractivity contribution is 9.10. The van der Waals surface area contributed by atoms with Crippen LogP contribution in [0.3, 0.4) is 0 Å². The largest absolute Gasteiger partial charge is 0.339 e. The minimum absolute atomic E-state index is 0.742. The van der Waals surface area contributed by atoms with Crippen LogP contribution in [0.5, 0.6) is 0 Å². The van der Waals surface area contributed by atoms with E-state index in [1.165, 1.54) is 4.88 Å². The van der Waals surface area contributed by atoms with Crippen LogP contribution < -0.4 is 4.90 Å². The molecule has 0 N–H and O–H groups in total. The Balaban J connectivity index is 2.08. The van der Waals surface area contributed by atoms with Crippen molar-refractivity contribution in [3.05, 3.63) is 39.3 Å². The molecular formula is C10H10BrN3S. The number of rotatable bonds is 3. The smallest absolute Gasteiger partial charge is 0.225 e. The standard InChI is InChI=1S/C10H10BrN3S/c1-14(7-9-3-2-4-15-9)10-12-5-8(11)6-13-10/h2-6H,7H2,1H3. The Bertz CT molecular complexity index is 413. The number of thiophene rings is 1. The Labute approximate surface area is 101 Å². The highest BCUT2D eigenvalue weighted by atomic mass is 79.9. The van der Waals surface area contributed by atoms with Gasteiger partial charge in [0.1, 0.15) is 0 Å². The summed E-state index contributed by atoms with van der Waals surface area (Å²) in [5.74, 6) is 0.742. The van der Waals surface area contributed by atoms with Crippen molar-refractivity contribution in [2.75, 3.05) is 11.9 Å². The summed E-state index contributed by atoms with van der Waals surface area (Å²) < 4.78 is 0.899. The fourth-order valence-corrected chi connectivity index (χ4v) is 2.17. The molecule has 0 aromatic carbocycles. The molecule has 2 aromatic heterocycles. The molecule has 0 aliphatic carbocycles. The van der Waals surface area contributed by atoms with Gasteiger partial charge in [0.2, 0.25) is 5.95 Å². The molecule has 15 heavy (non-hydrogen) atoms. The van der Waals surface area contributed by atoms with Gasteiger partial charge in [0.15, 0.2) is 0 Å². The first kappa shape index (κ1) is 10.6. The highest BCUT2D eigenvalue weighted by Gasteiger charge is 2.04. The van der Waals surface area contributed by atoms with Crippen molar-refractivity contribution in [2.45, 2.75) is 6.54 Å². The highest BCUT2D eigenvalue weighted by Crippen LogP contribution is 2.15. The van der Waals surface area contributed by atoms with Crippen LogP contribution in [0.4, 0.5) is 5.95 Å². The summed E-state index contributed by atoms with van der Waals surface area (Å²) in [4.78, 5) is 11.8. The number of hydrogen-bond donors (Lipinski definition) is 0. The fourth-order valence-electron chi connectivity index (χ4n) is 1.21. The van der Waals surface area contributed by atoms with Gasteiger partial charge >= 0.3 is 0 Å².